The van der Waals surface area contributed by atoms with Crippen LogP contribution < -0.4 is 5.32 Å². The lowest BCUT2D eigenvalue weighted by Crippen LogP contribution is -2.49. The van der Waals surface area contributed by atoms with E-state index in [-0.39, 0.29) is 5.91 Å². The van der Waals surface area contributed by atoms with Gasteiger partial charge in [0.05, 0.1) is 10.9 Å². The number of carbonyl (C=O) groups is 1. The summed E-state index contributed by atoms with van der Waals surface area (Å²) in [5.74, 6) is 0.206. The minimum atomic E-state index is 0.206. The molecule has 0 saturated carbocycles. The zero-order valence-electron chi connectivity index (χ0n) is 11.2. The molecule has 0 atom stereocenters. The Morgan fingerprint density at radius 3 is 2.74 bits per heavy atom. The van der Waals surface area contributed by atoms with Crippen molar-refractivity contribution in [2.75, 3.05) is 46.3 Å². The molecule has 19 heavy (non-hydrogen) atoms. The summed E-state index contributed by atoms with van der Waals surface area (Å²) in [4.78, 5) is 17.4. The van der Waals surface area contributed by atoms with Gasteiger partial charge in [-0.05, 0) is 25.6 Å². The third-order valence-corrected chi connectivity index (χ3v) is 4.60. The van der Waals surface area contributed by atoms with E-state index in [9.17, 15) is 4.79 Å². The fourth-order valence-corrected chi connectivity index (χ4v) is 3.15. The largest absolute Gasteiger partial charge is 0.339 e. The Bertz CT molecular complexity index is 416. The summed E-state index contributed by atoms with van der Waals surface area (Å²) in [5, 5.41) is 3.21. The fraction of sp³-hybridized carbons (Fsp3) is 0.615. The average molecular weight is 302 g/mol. The molecule has 0 radical (unpaired) electrons. The Kier molecular flexibility index (Phi) is 5.63. The third kappa shape index (κ3) is 4.76. The van der Waals surface area contributed by atoms with Crippen LogP contribution in [0.15, 0.2) is 12.1 Å². The molecular weight excluding hydrogens is 282 g/mol. The monoisotopic (exact) mass is 301 g/mol. The van der Waals surface area contributed by atoms with Crippen molar-refractivity contribution < 1.29 is 4.79 Å². The third-order valence-electron chi connectivity index (χ3n) is 3.31. The molecule has 0 bridgehead atoms. The summed E-state index contributed by atoms with van der Waals surface area (Å²) in [6.07, 6.45) is 0.924. The Morgan fingerprint density at radius 1 is 1.37 bits per heavy atom. The van der Waals surface area contributed by atoms with Crippen LogP contribution in [0.2, 0.25) is 4.34 Å². The molecule has 106 valence electrons. The van der Waals surface area contributed by atoms with Crippen molar-refractivity contribution in [2.24, 2.45) is 0 Å². The number of hydrogen-bond donors (Lipinski definition) is 1. The first-order valence-electron chi connectivity index (χ1n) is 6.56. The van der Waals surface area contributed by atoms with Crippen LogP contribution in [0.25, 0.3) is 0 Å². The Morgan fingerprint density at radius 2 is 2.11 bits per heavy atom. The highest BCUT2D eigenvalue weighted by Crippen LogP contribution is 2.21. The van der Waals surface area contributed by atoms with Gasteiger partial charge in [0, 0.05) is 37.6 Å². The van der Waals surface area contributed by atoms with Gasteiger partial charge in [0.25, 0.3) is 0 Å². The second-order valence-corrected chi connectivity index (χ2v) is 6.62. The predicted octanol–water partition coefficient (Wildman–Crippen LogP) is 1.31. The standard InChI is InChI=1S/C13H20ClN3OS/c1-16-6-8-17(9-7-16)13(18)10-15-5-4-11-2-3-12(14)19-11/h2-3,15H,4-10H2,1H3. The number of nitrogens with one attached hydrogen (secondary N) is 1. The van der Waals surface area contributed by atoms with Gasteiger partial charge in [0.1, 0.15) is 0 Å². The molecule has 0 unspecified atom stereocenters. The molecule has 1 N–H and O–H groups in total. The van der Waals surface area contributed by atoms with Crippen LogP contribution in [0, 0.1) is 0 Å². The highest BCUT2D eigenvalue weighted by Gasteiger charge is 2.18. The van der Waals surface area contributed by atoms with Crippen LogP contribution in [0.4, 0.5) is 0 Å². The molecule has 1 aliphatic rings. The average Bonchev–Trinajstić information content (AvgIpc) is 2.81. The van der Waals surface area contributed by atoms with Gasteiger partial charge >= 0.3 is 0 Å². The first-order chi connectivity index (χ1) is 9.15. The molecule has 0 aliphatic carbocycles. The lowest BCUT2D eigenvalue weighted by molar-refractivity contribution is -0.131. The van der Waals surface area contributed by atoms with Crippen LogP contribution in [0.3, 0.4) is 0 Å². The summed E-state index contributed by atoms with van der Waals surface area (Å²) in [7, 11) is 2.09. The molecule has 2 heterocycles. The van der Waals surface area contributed by atoms with Gasteiger partial charge < -0.3 is 15.1 Å². The van der Waals surface area contributed by atoms with E-state index in [4.69, 9.17) is 11.6 Å². The second-order valence-electron chi connectivity index (χ2n) is 4.82. The van der Waals surface area contributed by atoms with E-state index in [1.54, 1.807) is 11.3 Å². The van der Waals surface area contributed by atoms with Crippen LogP contribution >= 0.6 is 22.9 Å². The first-order valence-corrected chi connectivity index (χ1v) is 7.76. The minimum Gasteiger partial charge on any atom is -0.339 e. The number of thiophene rings is 1. The van der Waals surface area contributed by atoms with Crippen molar-refractivity contribution in [3.63, 3.8) is 0 Å². The van der Waals surface area contributed by atoms with Crippen molar-refractivity contribution >= 4 is 28.8 Å². The number of nitrogens with zero attached hydrogens (tertiary/aromatic N) is 2. The second kappa shape index (κ2) is 7.24. The van der Waals surface area contributed by atoms with Gasteiger partial charge in [-0.3, -0.25) is 4.79 Å². The van der Waals surface area contributed by atoms with E-state index in [0.717, 1.165) is 43.5 Å². The number of hydrogen-bond acceptors (Lipinski definition) is 4. The van der Waals surface area contributed by atoms with Crippen molar-refractivity contribution in [1.29, 1.82) is 0 Å². The zero-order chi connectivity index (χ0) is 13.7. The number of piperazine rings is 1. The summed E-state index contributed by atoms with van der Waals surface area (Å²) in [6.45, 7) is 4.88. The predicted molar refractivity (Wildman–Crippen MR) is 80.0 cm³/mol. The highest BCUT2D eigenvalue weighted by atomic mass is 35.5. The topological polar surface area (TPSA) is 35.6 Å². The molecule has 1 fully saturated rings. The van der Waals surface area contributed by atoms with Crippen LogP contribution in [-0.4, -0.2) is 62.0 Å². The SMILES string of the molecule is CN1CCN(C(=O)CNCCc2ccc(Cl)s2)CC1. The van der Waals surface area contributed by atoms with E-state index < -0.39 is 0 Å². The smallest absolute Gasteiger partial charge is 0.236 e. The zero-order valence-corrected chi connectivity index (χ0v) is 12.8. The van der Waals surface area contributed by atoms with Crippen molar-refractivity contribution in [3.05, 3.63) is 21.3 Å². The van der Waals surface area contributed by atoms with E-state index in [1.165, 1.54) is 4.88 Å². The number of halogens is 1. The van der Waals surface area contributed by atoms with Crippen molar-refractivity contribution in [2.45, 2.75) is 6.42 Å². The maximum absolute atomic E-state index is 11.9. The molecule has 2 rings (SSSR count). The number of carbonyl (C=O) groups excluding carboxylic acids is 1. The molecule has 1 aromatic heterocycles. The number of likely N-dealkylation sites (N-methyl/N-ethyl adjacent to an activating group) is 1. The highest BCUT2D eigenvalue weighted by molar-refractivity contribution is 7.16. The van der Waals surface area contributed by atoms with Crippen molar-refractivity contribution in [3.8, 4) is 0 Å². The summed E-state index contributed by atoms with van der Waals surface area (Å²) >= 11 is 7.47. The van der Waals surface area contributed by atoms with E-state index in [1.807, 2.05) is 17.0 Å². The summed E-state index contributed by atoms with van der Waals surface area (Å²) in [5.41, 5.74) is 0. The molecule has 1 saturated heterocycles. The molecule has 0 aromatic carbocycles. The molecule has 1 aromatic rings. The van der Waals surface area contributed by atoms with E-state index in [2.05, 4.69) is 17.3 Å². The van der Waals surface area contributed by atoms with E-state index in [0.29, 0.717) is 6.54 Å². The molecular formula is C13H20ClN3OS. The van der Waals surface area contributed by atoms with Crippen LogP contribution in [0.1, 0.15) is 4.88 Å². The van der Waals surface area contributed by atoms with E-state index >= 15 is 0 Å². The molecule has 4 nitrogen and oxygen atoms in total. The van der Waals surface area contributed by atoms with Gasteiger partial charge in [0.2, 0.25) is 5.91 Å². The molecule has 1 aliphatic heterocycles. The minimum absolute atomic E-state index is 0.206. The Labute approximate surface area is 123 Å². The molecule has 6 heteroatoms. The van der Waals surface area contributed by atoms with Crippen LogP contribution in [0.5, 0.6) is 0 Å². The number of rotatable bonds is 5. The van der Waals surface area contributed by atoms with Gasteiger partial charge in [-0.25, -0.2) is 0 Å². The van der Waals surface area contributed by atoms with Gasteiger partial charge in [-0.15, -0.1) is 11.3 Å². The quantitative estimate of drug-likeness (QED) is 0.833. The molecule has 0 spiro atoms. The molecule has 1 amide bonds. The first kappa shape index (κ1) is 14.8. The van der Waals surface area contributed by atoms with Crippen molar-refractivity contribution in [1.82, 2.24) is 15.1 Å². The maximum atomic E-state index is 11.9. The van der Waals surface area contributed by atoms with Gasteiger partial charge in [0.15, 0.2) is 0 Å². The lowest BCUT2D eigenvalue weighted by Gasteiger charge is -2.32. The Hall–Kier alpha value is -0.620. The lowest BCUT2D eigenvalue weighted by atomic mass is 10.3. The fourth-order valence-electron chi connectivity index (χ4n) is 2.06. The summed E-state index contributed by atoms with van der Waals surface area (Å²) < 4.78 is 0.823. The van der Waals surface area contributed by atoms with Crippen LogP contribution in [-0.2, 0) is 11.2 Å². The summed E-state index contributed by atoms with van der Waals surface area (Å²) in [6, 6.07) is 3.95. The maximum Gasteiger partial charge on any atom is 0.236 e. The normalized spacial score (nSPS) is 16.8. The van der Waals surface area contributed by atoms with Gasteiger partial charge in [-0.2, -0.15) is 0 Å². The van der Waals surface area contributed by atoms with Gasteiger partial charge in [-0.1, -0.05) is 11.6 Å². The Balaban J connectivity index is 1.61. The number of amides is 1.